The molecule has 1 unspecified atom stereocenters. The highest BCUT2D eigenvalue weighted by atomic mass is 19.1. The van der Waals surface area contributed by atoms with Gasteiger partial charge in [-0.05, 0) is 37.1 Å². The SMILES string of the molecule is Cc1ccc(C)c(C(O)COc2ccc(F)cc2F)c1. The van der Waals surface area contributed by atoms with Crippen molar-refractivity contribution in [2.24, 2.45) is 0 Å². The third-order valence-corrected chi connectivity index (χ3v) is 3.08. The maximum atomic E-state index is 13.4. The van der Waals surface area contributed by atoms with Crippen LogP contribution in [0.15, 0.2) is 36.4 Å². The summed E-state index contributed by atoms with van der Waals surface area (Å²) < 4.78 is 31.4. The minimum Gasteiger partial charge on any atom is -0.487 e. The molecule has 0 saturated heterocycles. The molecule has 0 aliphatic rings. The molecule has 1 N–H and O–H groups in total. The zero-order chi connectivity index (χ0) is 14.7. The van der Waals surface area contributed by atoms with Crippen LogP contribution in [0.3, 0.4) is 0 Å². The van der Waals surface area contributed by atoms with Gasteiger partial charge in [0.1, 0.15) is 18.5 Å². The molecule has 0 amide bonds. The lowest BCUT2D eigenvalue weighted by Crippen LogP contribution is -2.12. The molecule has 0 saturated carbocycles. The summed E-state index contributed by atoms with van der Waals surface area (Å²) in [4.78, 5) is 0. The first-order valence-electron chi connectivity index (χ1n) is 6.30. The molecule has 2 nitrogen and oxygen atoms in total. The number of hydrogen-bond acceptors (Lipinski definition) is 2. The molecular weight excluding hydrogens is 262 g/mol. The van der Waals surface area contributed by atoms with Gasteiger partial charge in [0, 0.05) is 6.07 Å². The van der Waals surface area contributed by atoms with E-state index in [1.165, 1.54) is 6.07 Å². The van der Waals surface area contributed by atoms with Crippen molar-refractivity contribution in [1.29, 1.82) is 0 Å². The quantitative estimate of drug-likeness (QED) is 0.924. The Bertz CT molecular complexity index is 611. The first kappa shape index (κ1) is 14.5. The van der Waals surface area contributed by atoms with Crippen molar-refractivity contribution in [3.05, 3.63) is 64.7 Å². The summed E-state index contributed by atoms with van der Waals surface area (Å²) in [5, 5.41) is 10.1. The fourth-order valence-electron chi connectivity index (χ4n) is 1.97. The Morgan fingerprint density at radius 2 is 1.85 bits per heavy atom. The third kappa shape index (κ3) is 3.33. The maximum Gasteiger partial charge on any atom is 0.167 e. The average Bonchev–Trinajstić information content (AvgIpc) is 2.40. The topological polar surface area (TPSA) is 29.5 Å². The van der Waals surface area contributed by atoms with E-state index < -0.39 is 17.7 Å². The van der Waals surface area contributed by atoms with Crippen LogP contribution in [-0.2, 0) is 0 Å². The second kappa shape index (κ2) is 6.01. The summed E-state index contributed by atoms with van der Waals surface area (Å²) in [5.41, 5.74) is 2.71. The van der Waals surface area contributed by atoms with E-state index in [1.807, 2.05) is 32.0 Å². The lowest BCUT2D eigenvalue weighted by molar-refractivity contribution is 0.105. The van der Waals surface area contributed by atoms with E-state index in [4.69, 9.17) is 4.74 Å². The number of ether oxygens (including phenoxy) is 1. The molecule has 0 aliphatic heterocycles. The molecule has 2 aromatic carbocycles. The second-order valence-corrected chi connectivity index (χ2v) is 4.76. The van der Waals surface area contributed by atoms with Gasteiger partial charge in [-0.1, -0.05) is 23.8 Å². The predicted octanol–water partition coefficient (Wildman–Crippen LogP) is 3.69. The number of benzene rings is 2. The molecule has 0 spiro atoms. The fourth-order valence-corrected chi connectivity index (χ4v) is 1.97. The van der Waals surface area contributed by atoms with Gasteiger partial charge >= 0.3 is 0 Å². The van der Waals surface area contributed by atoms with E-state index in [0.717, 1.165) is 28.8 Å². The molecule has 0 aliphatic carbocycles. The minimum atomic E-state index is -0.862. The molecule has 1 atom stereocenters. The van der Waals surface area contributed by atoms with Crippen molar-refractivity contribution in [3.63, 3.8) is 0 Å². The molecule has 0 bridgehead atoms. The maximum absolute atomic E-state index is 13.4. The van der Waals surface area contributed by atoms with Crippen molar-refractivity contribution >= 4 is 0 Å². The summed E-state index contributed by atoms with van der Waals surface area (Å²) in [6.45, 7) is 3.72. The van der Waals surface area contributed by atoms with Gasteiger partial charge in [0.05, 0.1) is 0 Å². The van der Waals surface area contributed by atoms with Crippen LogP contribution in [0.2, 0.25) is 0 Å². The van der Waals surface area contributed by atoms with E-state index in [0.29, 0.717) is 0 Å². The van der Waals surface area contributed by atoms with Crippen molar-refractivity contribution in [2.75, 3.05) is 6.61 Å². The smallest absolute Gasteiger partial charge is 0.167 e. The van der Waals surface area contributed by atoms with E-state index in [2.05, 4.69) is 0 Å². The molecule has 0 heterocycles. The van der Waals surface area contributed by atoms with Gasteiger partial charge in [-0.3, -0.25) is 0 Å². The number of aliphatic hydroxyl groups excluding tert-OH is 1. The Morgan fingerprint density at radius 1 is 1.10 bits per heavy atom. The Kier molecular flexibility index (Phi) is 4.35. The van der Waals surface area contributed by atoms with Crippen LogP contribution in [0, 0.1) is 25.5 Å². The molecule has 2 aromatic rings. The Morgan fingerprint density at radius 3 is 2.55 bits per heavy atom. The summed E-state index contributed by atoms with van der Waals surface area (Å²) in [6, 6.07) is 8.80. The van der Waals surface area contributed by atoms with Gasteiger partial charge in [-0.2, -0.15) is 0 Å². The van der Waals surface area contributed by atoms with Crippen LogP contribution in [0.1, 0.15) is 22.8 Å². The summed E-state index contributed by atoms with van der Waals surface area (Å²) in [6.07, 6.45) is -0.862. The van der Waals surface area contributed by atoms with Gasteiger partial charge in [0.2, 0.25) is 0 Å². The van der Waals surface area contributed by atoms with Crippen LogP contribution >= 0.6 is 0 Å². The standard InChI is InChI=1S/C16H16F2O2/c1-10-3-4-11(2)13(7-10)15(19)9-20-16-6-5-12(17)8-14(16)18/h3-8,15,19H,9H2,1-2H3. The average molecular weight is 278 g/mol. The lowest BCUT2D eigenvalue weighted by atomic mass is 10.0. The van der Waals surface area contributed by atoms with E-state index in [9.17, 15) is 13.9 Å². The molecule has 0 fully saturated rings. The van der Waals surface area contributed by atoms with Gasteiger partial charge in [-0.15, -0.1) is 0 Å². The monoisotopic (exact) mass is 278 g/mol. The van der Waals surface area contributed by atoms with Crippen molar-refractivity contribution < 1.29 is 18.6 Å². The fraction of sp³-hybridized carbons (Fsp3) is 0.250. The molecule has 0 radical (unpaired) electrons. The van der Waals surface area contributed by atoms with Gasteiger partial charge in [-0.25, -0.2) is 8.78 Å². The zero-order valence-corrected chi connectivity index (χ0v) is 11.4. The summed E-state index contributed by atoms with van der Waals surface area (Å²) in [5.74, 6) is -1.51. The highest BCUT2D eigenvalue weighted by molar-refractivity contribution is 5.32. The number of rotatable bonds is 4. The van der Waals surface area contributed by atoms with Crippen LogP contribution < -0.4 is 4.74 Å². The van der Waals surface area contributed by atoms with Crippen LogP contribution in [0.4, 0.5) is 8.78 Å². The van der Waals surface area contributed by atoms with E-state index >= 15 is 0 Å². The third-order valence-electron chi connectivity index (χ3n) is 3.08. The van der Waals surface area contributed by atoms with Crippen LogP contribution in [-0.4, -0.2) is 11.7 Å². The normalized spacial score (nSPS) is 12.2. The second-order valence-electron chi connectivity index (χ2n) is 4.76. The number of hydrogen-bond donors (Lipinski definition) is 1. The number of aliphatic hydroxyl groups is 1. The Balaban J connectivity index is 2.08. The van der Waals surface area contributed by atoms with Crippen LogP contribution in [0.25, 0.3) is 0 Å². The van der Waals surface area contributed by atoms with Crippen molar-refractivity contribution in [1.82, 2.24) is 0 Å². The van der Waals surface area contributed by atoms with E-state index in [1.54, 1.807) is 0 Å². The van der Waals surface area contributed by atoms with Gasteiger partial charge in [0.25, 0.3) is 0 Å². The first-order chi connectivity index (χ1) is 9.47. The summed E-state index contributed by atoms with van der Waals surface area (Å²) >= 11 is 0. The van der Waals surface area contributed by atoms with E-state index in [-0.39, 0.29) is 12.4 Å². The van der Waals surface area contributed by atoms with Gasteiger partial charge in [0.15, 0.2) is 11.6 Å². The first-order valence-corrected chi connectivity index (χ1v) is 6.30. The van der Waals surface area contributed by atoms with Gasteiger partial charge < -0.3 is 9.84 Å². The number of halogens is 2. The largest absolute Gasteiger partial charge is 0.487 e. The van der Waals surface area contributed by atoms with Crippen molar-refractivity contribution in [3.8, 4) is 5.75 Å². The molecule has 2 rings (SSSR count). The number of aryl methyl sites for hydroxylation is 2. The van der Waals surface area contributed by atoms with Crippen LogP contribution in [0.5, 0.6) is 5.75 Å². The predicted molar refractivity (Wildman–Crippen MR) is 72.7 cm³/mol. The zero-order valence-electron chi connectivity index (χ0n) is 11.4. The Labute approximate surface area is 116 Å². The molecule has 106 valence electrons. The van der Waals surface area contributed by atoms with Crippen molar-refractivity contribution in [2.45, 2.75) is 20.0 Å². The molecule has 0 aromatic heterocycles. The Hall–Kier alpha value is -1.94. The highest BCUT2D eigenvalue weighted by Gasteiger charge is 2.13. The molecule has 4 heteroatoms. The molecular formula is C16H16F2O2. The lowest BCUT2D eigenvalue weighted by Gasteiger charge is -2.16. The molecule has 20 heavy (non-hydrogen) atoms. The highest BCUT2D eigenvalue weighted by Crippen LogP contribution is 2.22. The minimum absolute atomic E-state index is 0.0734. The summed E-state index contributed by atoms with van der Waals surface area (Å²) in [7, 11) is 0.